The maximum absolute atomic E-state index is 11.9. The van der Waals surface area contributed by atoms with Crippen LogP contribution in [-0.2, 0) is 0 Å². The first kappa shape index (κ1) is 12.2. The highest BCUT2D eigenvalue weighted by atomic mass is 79.9. The molecule has 1 atom stereocenters. The third kappa shape index (κ3) is 2.80. The number of nitrogens with zero attached hydrogens (tertiary/aromatic N) is 2. The molecule has 80 valence electrons. The maximum Gasteiger partial charge on any atom is 0.265 e. The second-order valence-electron chi connectivity index (χ2n) is 3.22. The summed E-state index contributed by atoms with van der Waals surface area (Å²) in [5, 5.41) is 10.4. The van der Waals surface area contributed by atoms with Crippen molar-refractivity contribution in [1.82, 2.24) is 4.90 Å². The number of hydrogen-bond acceptors (Lipinski definition) is 3. The van der Waals surface area contributed by atoms with E-state index in [4.69, 9.17) is 5.26 Å². The predicted molar refractivity (Wildman–Crippen MR) is 63.8 cm³/mol. The summed E-state index contributed by atoms with van der Waals surface area (Å²) in [4.78, 5) is 14.2. The normalized spacial score (nSPS) is 11.9. The van der Waals surface area contributed by atoms with Gasteiger partial charge < -0.3 is 4.90 Å². The molecule has 0 aliphatic heterocycles. The Morgan fingerprint density at radius 2 is 2.47 bits per heavy atom. The Morgan fingerprint density at radius 3 is 2.93 bits per heavy atom. The van der Waals surface area contributed by atoms with Crippen molar-refractivity contribution in [2.75, 3.05) is 7.05 Å². The molecule has 0 unspecified atom stereocenters. The van der Waals surface area contributed by atoms with Crippen molar-refractivity contribution in [2.24, 2.45) is 0 Å². The summed E-state index contributed by atoms with van der Waals surface area (Å²) < 4.78 is 0.813. The van der Waals surface area contributed by atoms with Crippen LogP contribution >= 0.6 is 27.3 Å². The van der Waals surface area contributed by atoms with E-state index in [1.165, 1.54) is 11.3 Å². The number of carbonyl (C=O) groups excluding carboxylic acids is 1. The molecule has 0 fully saturated rings. The van der Waals surface area contributed by atoms with Gasteiger partial charge in [-0.2, -0.15) is 5.26 Å². The van der Waals surface area contributed by atoms with Crippen molar-refractivity contribution < 1.29 is 4.79 Å². The summed E-state index contributed by atoms with van der Waals surface area (Å²) in [7, 11) is 1.72. The average molecular weight is 287 g/mol. The molecule has 0 radical (unpaired) electrons. The van der Waals surface area contributed by atoms with E-state index in [1.54, 1.807) is 11.9 Å². The maximum atomic E-state index is 11.9. The predicted octanol–water partition coefficient (Wildman–Crippen LogP) is 2.88. The minimum atomic E-state index is -0.0588. The smallest absolute Gasteiger partial charge is 0.265 e. The van der Waals surface area contributed by atoms with E-state index in [0.29, 0.717) is 11.3 Å². The van der Waals surface area contributed by atoms with E-state index in [1.807, 2.05) is 18.4 Å². The van der Waals surface area contributed by atoms with Gasteiger partial charge in [0.25, 0.3) is 5.91 Å². The van der Waals surface area contributed by atoms with E-state index in [-0.39, 0.29) is 11.9 Å². The standard InChI is InChI=1S/C10H11BrN2OS/c1-7(3-5-12)13(2)10(14)9-8(11)4-6-15-9/h4,6-7H,3H2,1-2H3/t7-/m0/s1. The minimum Gasteiger partial charge on any atom is -0.337 e. The lowest BCUT2D eigenvalue weighted by Gasteiger charge is -2.22. The molecule has 0 bridgehead atoms. The third-order valence-corrected chi connectivity index (χ3v) is 4.01. The van der Waals surface area contributed by atoms with Crippen LogP contribution in [0.3, 0.4) is 0 Å². The topological polar surface area (TPSA) is 44.1 Å². The Bertz CT molecular complexity index is 396. The van der Waals surface area contributed by atoms with Crippen LogP contribution in [0.2, 0.25) is 0 Å². The average Bonchev–Trinajstić information content (AvgIpc) is 2.62. The first-order valence-electron chi connectivity index (χ1n) is 4.45. The third-order valence-electron chi connectivity index (χ3n) is 2.18. The highest BCUT2D eigenvalue weighted by Crippen LogP contribution is 2.24. The molecule has 5 heteroatoms. The van der Waals surface area contributed by atoms with Gasteiger partial charge in [-0.15, -0.1) is 11.3 Å². The van der Waals surface area contributed by atoms with Crippen LogP contribution in [0, 0.1) is 11.3 Å². The first-order valence-corrected chi connectivity index (χ1v) is 6.12. The van der Waals surface area contributed by atoms with Gasteiger partial charge in [-0.25, -0.2) is 0 Å². The second kappa shape index (κ2) is 5.29. The molecule has 1 rings (SSSR count). The molecule has 3 nitrogen and oxygen atoms in total. The van der Waals surface area contributed by atoms with E-state index >= 15 is 0 Å². The van der Waals surface area contributed by atoms with E-state index in [2.05, 4.69) is 22.0 Å². The number of nitriles is 1. The molecule has 0 saturated heterocycles. The van der Waals surface area contributed by atoms with Gasteiger partial charge in [0, 0.05) is 17.6 Å². The van der Waals surface area contributed by atoms with Crippen LogP contribution in [0.25, 0.3) is 0 Å². The number of hydrogen-bond donors (Lipinski definition) is 0. The molecule has 0 aromatic carbocycles. The Labute approximate surface area is 101 Å². The van der Waals surface area contributed by atoms with Gasteiger partial charge in [0.1, 0.15) is 4.88 Å². The Balaban J connectivity index is 2.78. The van der Waals surface area contributed by atoms with Gasteiger partial charge in [-0.05, 0) is 34.3 Å². The SMILES string of the molecule is C[C@@H](CC#N)N(C)C(=O)c1sccc1Br. The molecule has 1 aromatic heterocycles. The van der Waals surface area contributed by atoms with Gasteiger partial charge in [-0.3, -0.25) is 4.79 Å². The first-order chi connectivity index (χ1) is 7.07. The van der Waals surface area contributed by atoms with Crippen molar-refractivity contribution in [1.29, 1.82) is 5.26 Å². The molecule has 1 heterocycles. The summed E-state index contributed by atoms with van der Waals surface area (Å²) in [6.07, 6.45) is 0.352. The molecule has 0 aliphatic rings. The zero-order valence-electron chi connectivity index (χ0n) is 8.53. The molecule has 0 N–H and O–H groups in total. The molecule has 1 aromatic rings. The molecular weight excluding hydrogens is 276 g/mol. The van der Waals surface area contributed by atoms with E-state index < -0.39 is 0 Å². The Kier molecular flexibility index (Phi) is 4.30. The van der Waals surface area contributed by atoms with Crippen LogP contribution in [0.1, 0.15) is 23.0 Å². The lowest BCUT2D eigenvalue weighted by molar-refractivity contribution is 0.0750. The zero-order valence-corrected chi connectivity index (χ0v) is 10.9. The van der Waals surface area contributed by atoms with Crippen LogP contribution in [0.5, 0.6) is 0 Å². The Hall–Kier alpha value is -0.860. The van der Waals surface area contributed by atoms with Crippen molar-refractivity contribution in [3.8, 4) is 6.07 Å². The molecule has 0 aliphatic carbocycles. The number of carbonyl (C=O) groups is 1. The minimum absolute atomic E-state index is 0.0420. The quantitative estimate of drug-likeness (QED) is 0.858. The van der Waals surface area contributed by atoms with E-state index in [9.17, 15) is 4.79 Å². The van der Waals surface area contributed by atoms with Crippen LogP contribution in [0.4, 0.5) is 0 Å². The van der Waals surface area contributed by atoms with Gasteiger partial charge in [-0.1, -0.05) is 0 Å². The molecule has 0 spiro atoms. The summed E-state index contributed by atoms with van der Waals surface area (Å²) in [5.74, 6) is -0.0420. The van der Waals surface area contributed by atoms with Crippen LogP contribution < -0.4 is 0 Å². The zero-order chi connectivity index (χ0) is 11.4. The summed E-state index contributed by atoms with van der Waals surface area (Å²) in [6, 6.07) is 3.85. The van der Waals surface area contributed by atoms with Crippen LogP contribution in [-0.4, -0.2) is 23.9 Å². The molecule has 15 heavy (non-hydrogen) atoms. The van der Waals surface area contributed by atoms with Gasteiger partial charge >= 0.3 is 0 Å². The fraction of sp³-hybridized carbons (Fsp3) is 0.400. The number of thiophene rings is 1. The second-order valence-corrected chi connectivity index (χ2v) is 5.00. The summed E-state index contributed by atoms with van der Waals surface area (Å²) in [6.45, 7) is 1.86. The van der Waals surface area contributed by atoms with E-state index in [0.717, 1.165) is 4.47 Å². The highest BCUT2D eigenvalue weighted by Gasteiger charge is 2.20. The molecular formula is C10H11BrN2OS. The van der Waals surface area contributed by atoms with Gasteiger partial charge in [0.15, 0.2) is 0 Å². The monoisotopic (exact) mass is 286 g/mol. The highest BCUT2D eigenvalue weighted by molar-refractivity contribution is 9.10. The number of amides is 1. The van der Waals surface area contributed by atoms with Crippen molar-refractivity contribution in [3.63, 3.8) is 0 Å². The van der Waals surface area contributed by atoms with Gasteiger partial charge in [0.05, 0.1) is 12.5 Å². The van der Waals surface area contributed by atoms with Crippen molar-refractivity contribution >= 4 is 33.2 Å². The van der Waals surface area contributed by atoms with Crippen LogP contribution in [0.15, 0.2) is 15.9 Å². The summed E-state index contributed by atoms with van der Waals surface area (Å²) in [5.41, 5.74) is 0. The lowest BCUT2D eigenvalue weighted by Crippen LogP contribution is -2.34. The lowest BCUT2D eigenvalue weighted by atomic mass is 10.2. The van der Waals surface area contributed by atoms with Crippen molar-refractivity contribution in [2.45, 2.75) is 19.4 Å². The summed E-state index contributed by atoms with van der Waals surface area (Å²) >= 11 is 4.72. The Morgan fingerprint density at radius 1 is 1.80 bits per heavy atom. The fourth-order valence-electron chi connectivity index (χ4n) is 1.08. The molecule has 1 amide bonds. The fourth-order valence-corrected chi connectivity index (χ4v) is 2.60. The van der Waals surface area contributed by atoms with Crippen molar-refractivity contribution in [3.05, 3.63) is 20.8 Å². The molecule has 0 saturated carbocycles. The number of rotatable bonds is 3. The largest absolute Gasteiger partial charge is 0.337 e. The number of halogens is 1. The van der Waals surface area contributed by atoms with Gasteiger partial charge in [0.2, 0.25) is 0 Å².